The second kappa shape index (κ2) is 6.24. The van der Waals surface area contributed by atoms with Gasteiger partial charge in [-0.1, -0.05) is 30.3 Å². The van der Waals surface area contributed by atoms with Gasteiger partial charge in [-0.2, -0.15) is 0 Å². The molecule has 0 spiro atoms. The average Bonchev–Trinajstić information content (AvgIpc) is 2.38. The molecule has 2 aromatic rings. The van der Waals surface area contributed by atoms with Crippen LogP contribution in [0.25, 0.3) is 10.8 Å². The zero-order valence-electron chi connectivity index (χ0n) is 9.11. The molecule has 0 radical (unpaired) electrons. The number of amides is 2. The van der Waals surface area contributed by atoms with Gasteiger partial charge in [0.1, 0.15) is 0 Å². The number of fused-ring (bicyclic) bond motifs is 1. The van der Waals surface area contributed by atoms with Gasteiger partial charge in [0.25, 0.3) is 0 Å². The molecule has 4 N–H and O–H groups in total. The number of anilines is 1. The van der Waals surface area contributed by atoms with Crippen LogP contribution in [-0.4, -0.2) is 17.8 Å². The van der Waals surface area contributed by atoms with Gasteiger partial charge in [0.2, 0.25) is 12.8 Å². The van der Waals surface area contributed by atoms with Crippen LogP contribution in [0.3, 0.4) is 0 Å². The van der Waals surface area contributed by atoms with E-state index in [9.17, 15) is 9.59 Å². The summed E-state index contributed by atoms with van der Waals surface area (Å²) in [4.78, 5) is 18.6. The van der Waals surface area contributed by atoms with Crippen molar-refractivity contribution >= 4 is 29.3 Å². The molecule has 2 aromatic carbocycles. The molecule has 2 rings (SSSR count). The normalized spacial score (nSPS) is 9.00. The van der Waals surface area contributed by atoms with Crippen LogP contribution in [0.15, 0.2) is 42.5 Å². The number of nitrogens with two attached hydrogens (primary N) is 2. The van der Waals surface area contributed by atoms with Crippen LogP contribution in [0.2, 0.25) is 0 Å². The predicted octanol–water partition coefficient (Wildman–Crippen LogP) is 0.897. The van der Waals surface area contributed by atoms with Crippen molar-refractivity contribution < 1.29 is 9.59 Å². The van der Waals surface area contributed by atoms with Crippen LogP contribution in [0.4, 0.5) is 5.69 Å². The summed E-state index contributed by atoms with van der Waals surface area (Å²) in [5.41, 5.74) is 6.45. The van der Waals surface area contributed by atoms with E-state index >= 15 is 0 Å². The summed E-state index contributed by atoms with van der Waals surface area (Å²) in [6.45, 7) is 0. The molecule has 0 aliphatic heterocycles. The van der Waals surface area contributed by atoms with E-state index in [1.807, 2.05) is 30.3 Å². The number of nitrogen functional groups attached to an aromatic ring is 1. The van der Waals surface area contributed by atoms with E-state index in [4.69, 9.17) is 5.73 Å². The van der Waals surface area contributed by atoms with Crippen molar-refractivity contribution in [1.82, 2.24) is 5.01 Å². The summed E-state index contributed by atoms with van der Waals surface area (Å²) in [6, 6.07) is 14.1. The maximum atomic E-state index is 9.31. The molecule has 0 heterocycles. The second-order valence-corrected chi connectivity index (χ2v) is 3.26. The fourth-order valence-corrected chi connectivity index (χ4v) is 1.23. The maximum absolute atomic E-state index is 9.31. The Bertz CT molecular complexity index is 506. The summed E-state index contributed by atoms with van der Waals surface area (Å²) in [6.07, 6.45) is 0.431. The zero-order chi connectivity index (χ0) is 12.7. The first-order valence-electron chi connectivity index (χ1n) is 4.85. The Balaban J connectivity index is 0.000000209. The third-order valence-electron chi connectivity index (χ3n) is 2.02. The topological polar surface area (TPSA) is 89.4 Å². The number of carbonyl (C=O) groups is 2. The summed E-state index contributed by atoms with van der Waals surface area (Å²) in [5, 5.41) is 2.83. The highest BCUT2D eigenvalue weighted by Gasteiger charge is 1.89. The quantitative estimate of drug-likeness (QED) is 0.264. The highest BCUT2D eigenvalue weighted by Crippen LogP contribution is 2.15. The third kappa shape index (κ3) is 3.92. The maximum Gasteiger partial charge on any atom is 0.230 e. The molecular formula is C12H13N3O2. The van der Waals surface area contributed by atoms with Gasteiger partial charge >= 0.3 is 0 Å². The Morgan fingerprint density at radius 3 is 2.06 bits per heavy atom. The van der Waals surface area contributed by atoms with E-state index in [0.29, 0.717) is 5.01 Å². The van der Waals surface area contributed by atoms with Crippen molar-refractivity contribution in [3.8, 4) is 0 Å². The van der Waals surface area contributed by atoms with E-state index in [-0.39, 0.29) is 12.8 Å². The third-order valence-corrected chi connectivity index (χ3v) is 2.02. The zero-order valence-corrected chi connectivity index (χ0v) is 9.11. The van der Waals surface area contributed by atoms with Crippen LogP contribution < -0.4 is 11.6 Å². The van der Waals surface area contributed by atoms with Crippen molar-refractivity contribution in [2.24, 2.45) is 5.84 Å². The molecule has 0 saturated heterocycles. The largest absolute Gasteiger partial charge is 0.399 e. The van der Waals surface area contributed by atoms with E-state index in [1.165, 1.54) is 10.8 Å². The first-order valence-corrected chi connectivity index (χ1v) is 4.85. The molecule has 17 heavy (non-hydrogen) atoms. The summed E-state index contributed by atoms with van der Waals surface area (Å²) < 4.78 is 0. The number of benzene rings is 2. The lowest BCUT2D eigenvalue weighted by Gasteiger charge is -1.96. The number of rotatable bonds is 2. The number of hydrazine groups is 1. The molecule has 88 valence electrons. The number of carbonyl (C=O) groups excluding carboxylic acids is 2. The van der Waals surface area contributed by atoms with Gasteiger partial charge < -0.3 is 5.73 Å². The van der Waals surface area contributed by atoms with Gasteiger partial charge in [-0.05, 0) is 22.9 Å². The lowest BCUT2D eigenvalue weighted by Crippen LogP contribution is -2.26. The van der Waals surface area contributed by atoms with Crippen LogP contribution in [-0.2, 0) is 9.59 Å². The van der Waals surface area contributed by atoms with Gasteiger partial charge in [-0.25, -0.2) is 10.9 Å². The minimum absolute atomic E-state index is 0.215. The number of imide groups is 1. The molecule has 0 bridgehead atoms. The highest BCUT2D eigenvalue weighted by molar-refractivity contribution is 5.85. The first kappa shape index (κ1) is 12.7. The second-order valence-electron chi connectivity index (χ2n) is 3.26. The Labute approximate surface area is 98.6 Å². The van der Waals surface area contributed by atoms with E-state index in [1.54, 1.807) is 0 Å². The molecule has 0 fully saturated rings. The molecule has 2 amide bonds. The fraction of sp³-hybridized carbons (Fsp3) is 0. The molecule has 0 saturated carbocycles. The SMILES string of the molecule is NN(C=O)C=O.Nc1ccc2ccccc2c1. The summed E-state index contributed by atoms with van der Waals surface area (Å²) in [5.74, 6) is 4.57. The molecular weight excluding hydrogens is 218 g/mol. The standard InChI is InChI=1S/C10H9N.C2H4N2O2/c11-10-6-5-8-3-1-2-4-9(8)7-10;3-4(1-5)2-6/h1-7H,11H2;1-2H,3H2. The van der Waals surface area contributed by atoms with Gasteiger partial charge in [-0.3, -0.25) is 9.59 Å². The number of hydrogen-bond donors (Lipinski definition) is 2. The van der Waals surface area contributed by atoms with Gasteiger partial charge in [0.05, 0.1) is 0 Å². The van der Waals surface area contributed by atoms with E-state index in [0.717, 1.165) is 5.69 Å². The lowest BCUT2D eigenvalue weighted by molar-refractivity contribution is -0.129. The van der Waals surface area contributed by atoms with Crippen LogP contribution >= 0.6 is 0 Å². The summed E-state index contributed by atoms with van der Waals surface area (Å²) >= 11 is 0. The van der Waals surface area contributed by atoms with Crippen molar-refractivity contribution in [1.29, 1.82) is 0 Å². The minimum Gasteiger partial charge on any atom is -0.399 e. The van der Waals surface area contributed by atoms with Crippen LogP contribution in [0.1, 0.15) is 0 Å². The monoisotopic (exact) mass is 231 g/mol. The predicted molar refractivity (Wildman–Crippen MR) is 66.5 cm³/mol. The molecule has 5 nitrogen and oxygen atoms in total. The van der Waals surface area contributed by atoms with Gasteiger partial charge in [0, 0.05) is 5.69 Å². The fourth-order valence-electron chi connectivity index (χ4n) is 1.23. The lowest BCUT2D eigenvalue weighted by atomic mass is 10.1. The number of nitrogens with zero attached hydrogens (tertiary/aromatic N) is 1. The molecule has 0 aliphatic rings. The van der Waals surface area contributed by atoms with Crippen molar-refractivity contribution in [2.45, 2.75) is 0 Å². The van der Waals surface area contributed by atoms with E-state index in [2.05, 4.69) is 18.0 Å². The average molecular weight is 231 g/mol. The Morgan fingerprint density at radius 2 is 1.53 bits per heavy atom. The Hall–Kier alpha value is -2.40. The Morgan fingerprint density at radius 1 is 0.941 bits per heavy atom. The van der Waals surface area contributed by atoms with Crippen molar-refractivity contribution in [2.75, 3.05) is 5.73 Å². The van der Waals surface area contributed by atoms with E-state index < -0.39 is 0 Å². The van der Waals surface area contributed by atoms with Crippen LogP contribution in [0, 0.1) is 0 Å². The molecule has 0 unspecified atom stereocenters. The molecule has 0 atom stereocenters. The van der Waals surface area contributed by atoms with Crippen molar-refractivity contribution in [3.63, 3.8) is 0 Å². The molecule has 0 aromatic heterocycles. The smallest absolute Gasteiger partial charge is 0.230 e. The van der Waals surface area contributed by atoms with Crippen molar-refractivity contribution in [3.05, 3.63) is 42.5 Å². The highest BCUT2D eigenvalue weighted by atomic mass is 16.2. The van der Waals surface area contributed by atoms with Crippen LogP contribution in [0.5, 0.6) is 0 Å². The first-order chi connectivity index (χ1) is 8.17. The minimum atomic E-state index is 0.215. The van der Waals surface area contributed by atoms with Gasteiger partial charge in [0.15, 0.2) is 0 Å². The Kier molecular flexibility index (Phi) is 4.65. The number of hydrogen-bond acceptors (Lipinski definition) is 4. The molecule has 5 heteroatoms. The summed E-state index contributed by atoms with van der Waals surface area (Å²) in [7, 11) is 0. The van der Waals surface area contributed by atoms with Gasteiger partial charge in [-0.15, -0.1) is 0 Å². The molecule has 0 aliphatic carbocycles.